The van der Waals surface area contributed by atoms with E-state index >= 15 is 0 Å². The van der Waals surface area contributed by atoms with Crippen molar-refractivity contribution in [2.75, 3.05) is 0 Å². The third-order valence-electron chi connectivity index (χ3n) is 1.85. The molecule has 0 saturated heterocycles. The predicted molar refractivity (Wildman–Crippen MR) is 64.6 cm³/mol. The van der Waals surface area contributed by atoms with Gasteiger partial charge in [-0.1, -0.05) is 49.4 Å². The van der Waals surface area contributed by atoms with Crippen molar-refractivity contribution in [3.8, 4) is 0 Å². The molecule has 1 unspecified atom stereocenters. The summed E-state index contributed by atoms with van der Waals surface area (Å²) in [6, 6.07) is 9.68. The molecule has 0 amide bonds. The molecule has 0 bridgehead atoms. The van der Waals surface area contributed by atoms with Crippen LogP contribution in [-0.4, -0.2) is 8.76 Å². The zero-order valence-electron chi connectivity index (χ0n) is 8.59. The zero-order chi connectivity index (χ0) is 11.1. The van der Waals surface area contributed by atoms with Gasteiger partial charge < -0.3 is 4.55 Å². The highest BCUT2D eigenvalue weighted by atomic mass is 32.2. The molecule has 0 heterocycles. The summed E-state index contributed by atoms with van der Waals surface area (Å²) in [7, 11) is 0. The molecule has 0 spiro atoms. The van der Waals surface area contributed by atoms with E-state index in [1.165, 1.54) is 0 Å². The minimum atomic E-state index is -1.90. The smallest absolute Gasteiger partial charge is 0.186 e. The molecular formula is C12H14O2S. The molecule has 0 aliphatic heterocycles. The lowest BCUT2D eigenvalue weighted by atomic mass is 10.2. The summed E-state index contributed by atoms with van der Waals surface area (Å²) in [6.45, 7) is 1.93. The molecule has 3 heteroatoms. The van der Waals surface area contributed by atoms with Crippen molar-refractivity contribution in [3.05, 3.63) is 53.0 Å². The van der Waals surface area contributed by atoms with E-state index in [4.69, 9.17) is 4.55 Å². The third kappa shape index (κ3) is 4.23. The Kier molecular flexibility index (Phi) is 5.01. The number of hydrogen-bond donors (Lipinski definition) is 1. The number of rotatable bonds is 4. The van der Waals surface area contributed by atoms with Gasteiger partial charge in [-0.05, 0) is 18.1 Å². The molecule has 1 atom stereocenters. The Morgan fingerprint density at radius 1 is 1.40 bits per heavy atom. The van der Waals surface area contributed by atoms with Gasteiger partial charge in [0, 0.05) is 0 Å². The van der Waals surface area contributed by atoms with Gasteiger partial charge in [-0.2, -0.15) is 0 Å². The summed E-state index contributed by atoms with van der Waals surface area (Å²) < 4.78 is 19.9. The number of allylic oxidation sites excluding steroid dienone is 2. The lowest BCUT2D eigenvalue weighted by molar-refractivity contribution is 0.572. The van der Waals surface area contributed by atoms with E-state index in [0.717, 1.165) is 12.0 Å². The van der Waals surface area contributed by atoms with E-state index in [2.05, 4.69) is 0 Å². The van der Waals surface area contributed by atoms with Crippen molar-refractivity contribution in [2.24, 2.45) is 0 Å². The maximum Gasteiger partial charge on any atom is 0.186 e. The predicted octanol–water partition coefficient (Wildman–Crippen LogP) is 3.22. The first-order chi connectivity index (χ1) is 7.24. The quantitative estimate of drug-likeness (QED) is 0.627. The first-order valence-electron chi connectivity index (χ1n) is 4.78. The SMILES string of the molecule is CC/C=C(\C=C/c1ccccc1)S(=O)O. The normalized spacial score (nSPS) is 14.4. The van der Waals surface area contributed by atoms with Crippen molar-refractivity contribution in [2.45, 2.75) is 13.3 Å². The van der Waals surface area contributed by atoms with E-state index in [0.29, 0.717) is 4.91 Å². The van der Waals surface area contributed by atoms with E-state index in [1.54, 1.807) is 12.2 Å². The second kappa shape index (κ2) is 6.32. The molecule has 1 rings (SSSR count). The minimum Gasteiger partial charge on any atom is -0.302 e. The summed E-state index contributed by atoms with van der Waals surface area (Å²) >= 11 is -1.90. The molecule has 1 N–H and O–H groups in total. The molecule has 2 nitrogen and oxygen atoms in total. The lowest BCUT2D eigenvalue weighted by Gasteiger charge is -1.95. The van der Waals surface area contributed by atoms with Gasteiger partial charge in [0.1, 0.15) is 0 Å². The van der Waals surface area contributed by atoms with Crippen molar-refractivity contribution in [1.82, 2.24) is 0 Å². The highest BCUT2D eigenvalue weighted by Crippen LogP contribution is 2.08. The molecule has 0 radical (unpaired) electrons. The van der Waals surface area contributed by atoms with Crippen LogP contribution in [-0.2, 0) is 11.1 Å². The van der Waals surface area contributed by atoms with Gasteiger partial charge in [0.2, 0.25) is 0 Å². The summed E-state index contributed by atoms with van der Waals surface area (Å²) in [5.74, 6) is 0. The van der Waals surface area contributed by atoms with Crippen LogP contribution in [0.15, 0.2) is 47.4 Å². The molecule has 0 fully saturated rings. The standard InChI is InChI=1S/C12H14O2S/c1-2-6-12(15(13)14)10-9-11-7-4-3-5-8-11/h3-10H,2H2,1H3,(H,13,14)/b10-9-,12-6+. The largest absolute Gasteiger partial charge is 0.302 e. The Morgan fingerprint density at radius 3 is 2.60 bits per heavy atom. The van der Waals surface area contributed by atoms with Crippen molar-refractivity contribution in [1.29, 1.82) is 0 Å². The van der Waals surface area contributed by atoms with Crippen LogP contribution < -0.4 is 0 Å². The molecule has 0 aliphatic rings. The van der Waals surface area contributed by atoms with Crippen molar-refractivity contribution in [3.63, 3.8) is 0 Å². The molecule has 1 aromatic rings. The fraction of sp³-hybridized carbons (Fsp3) is 0.167. The number of hydrogen-bond acceptors (Lipinski definition) is 1. The second-order valence-electron chi connectivity index (χ2n) is 3.01. The van der Waals surface area contributed by atoms with Gasteiger partial charge >= 0.3 is 0 Å². The Morgan fingerprint density at radius 2 is 2.07 bits per heavy atom. The summed E-state index contributed by atoms with van der Waals surface area (Å²) in [6.07, 6.45) is 6.00. The highest BCUT2D eigenvalue weighted by molar-refractivity contribution is 7.83. The average Bonchev–Trinajstić information content (AvgIpc) is 2.25. The topological polar surface area (TPSA) is 37.3 Å². The molecule has 0 saturated carbocycles. The van der Waals surface area contributed by atoms with Crippen LogP contribution in [0.1, 0.15) is 18.9 Å². The van der Waals surface area contributed by atoms with Crippen LogP contribution in [0.25, 0.3) is 6.08 Å². The van der Waals surface area contributed by atoms with Crippen molar-refractivity contribution >= 4 is 17.2 Å². The summed E-state index contributed by atoms with van der Waals surface area (Å²) in [5.41, 5.74) is 1.02. The minimum absolute atomic E-state index is 0.446. The Balaban J connectivity index is 2.80. The molecule has 1 aromatic carbocycles. The summed E-state index contributed by atoms with van der Waals surface area (Å²) in [4.78, 5) is 0.446. The zero-order valence-corrected chi connectivity index (χ0v) is 9.41. The Bertz CT molecular complexity index is 380. The van der Waals surface area contributed by atoms with Crippen LogP contribution in [0.2, 0.25) is 0 Å². The first-order valence-corrected chi connectivity index (χ1v) is 5.89. The Hall–Kier alpha value is -1.19. The average molecular weight is 222 g/mol. The monoisotopic (exact) mass is 222 g/mol. The van der Waals surface area contributed by atoms with E-state index in [-0.39, 0.29) is 0 Å². The van der Waals surface area contributed by atoms with Gasteiger partial charge in [0.15, 0.2) is 11.1 Å². The highest BCUT2D eigenvalue weighted by Gasteiger charge is 1.97. The maximum atomic E-state index is 10.9. The molecule has 0 aromatic heterocycles. The van der Waals surface area contributed by atoms with Crippen LogP contribution in [0, 0.1) is 0 Å². The fourth-order valence-corrected chi connectivity index (χ4v) is 1.63. The van der Waals surface area contributed by atoms with Gasteiger partial charge in [-0.25, -0.2) is 4.21 Å². The molecule has 0 aliphatic carbocycles. The van der Waals surface area contributed by atoms with Gasteiger partial charge in [-0.3, -0.25) is 0 Å². The second-order valence-corrected chi connectivity index (χ2v) is 3.98. The van der Waals surface area contributed by atoms with Crippen molar-refractivity contribution < 1.29 is 8.76 Å². The maximum absolute atomic E-state index is 10.9. The molecule has 15 heavy (non-hydrogen) atoms. The molecule has 80 valence electrons. The van der Waals surface area contributed by atoms with Gasteiger partial charge in [0.05, 0.1) is 4.91 Å². The first kappa shape index (κ1) is 11.9. The molecular weight excluding hydrogens is 208 g/mol. The third-order valence-corrected chi connectivity index (χ3v) is 2.55. The fourth-order valence-electron chi connectivity index (χ4n) is 1.14. The van der Waals surface area contributed by atoms with Crippen LogP contribution in [0.4, 0.5) is 0 Å². The Labute approximate surface area is 92.6 Å². The van der Waals surface area contributed by atoms with Crippen LogP contribution in [0.3, 0.4) is 0 Å². The van der Waals surface area contributed by atoms with Gasteiger partial charge in [-0.15, -0.1) is 0 Å². The summed E-state index contributed by atoms with van der Waals surface area (Å²) in [5, 5.41) is 0. The lowest BCUT2D eigenvalue weighted by Crippen LogP contribution is -1.88. The van der Waals surface area contributed by atoms with Crippen LogP contribution >= 0.6 is 0 Å². The van der Waals surface area contributed by atoms with E-state index in [9.17, 15) is 4.21 Å². The van der Waals surface area contributed by atoms with Crippen LogP contribution in [0.5, 0.6) is 0 Å². The number of benzene rings is 1. The van der Waals surface area contributed by atoms with E-state index in [1.807, 2.05) is 43.3 Å². The van der Waals surface area contributed by atoms with Gasteiger partial charge in [0.25, 0.3) is 0 Å². The van der Waals surface area contributed by atoms with E-state index < -0.39 is 11.1 Å².